The number of aliphatic hydroxyl groups excluding tert-OH is 5. The Hall–Kier alpha value is 0.380. The molecule has 98 valence electrons. The average molecular weight is 284 g/mol. The standard InChI is InChI=1S/C6H12O9S.Na.H/c7-1-2(8)3(9)4(10)5(11)6(12)16(13,14)15;;/h2-5,7-11H,1H2,(H,13,14,15);;/t2-,3-,4+,5-;;/m1../s1. The molecule has 0 saturated carbocycles. The molecule has 0 heterocycles. The van der Waals surface area contributed by atoms with E-state index in [9.17, 15) is 13.2 Å². The van der Waals surface area contributed by atoms with Crippen molar-refractivity contribution >= 4 is 44.8 Å². The summed E-state index contributed by atoms with van der Waals surface area (Å²) in [6.07, 6.45) is -9.02. The zero-order chi connectivity index (χ0) is 13.1. The Bertz CT molecular complexity index is 341. The van der Waals surface area contributed by atoms with Gasteiger partial charge in [0.25, 0.3) is 0 Å². The third-order valence-electron chi connectivity index (χ3n) is 1.75. The number of aliphatic hydroxyl groups is 5. The second-order valence-corrected chi connectivity index (χ2v) is 4.32. The van der Waals surface area contributed by atoms with Gasteiger partial charge in [-0.3, -0.25) is 9.35 Å². The van der Waals surface area contributed by atoms with Crippen LogP contribution in [0.1, 0.15) is 0 Å². The predicted octanol–water partition coefficient (Wildman–Crippen LogP) is -4.81. The molecule has 0 rings (SSSR count). The first kappa shape index (κ1) is 19.7. The summed E-state index contributed by atoms with van der Waals surface area (Å²) in [6, 6.07) is 0. The minimum absolute atomic E-state index is 0. The normalized spacial score (nSPS) is 18.7. The van der Waals surface area contributed by atoms with E-state index < -0.39 is 46.3 Å². The van der Waals surface area contributed by atoms with Gasteiger partial charge in [0.15, 0.2) is 6.10 Å². The molecule has 0 bridgehead atoms. The molecule has 17 heavy (non-hydrogen) atoms. The Morgan fingerprint density at radius 1 is 1.06 bits per heavy atom. The summed E-state index contributed by atoms with van der Waals surface area (Å²) in [5, 5.41) is 42.1. The minimum atomic E-state index is -5.22. The molecule has 4 atom stereocenters. The molecule has 0 aromatic rings. The molecular formula is C6H13NaO9S. The number of carbonyl (C=O) groups is 1. The van der Waals surface area contributed by atoms with Gasteiger partial charge < -0.3 is 25.5 Å². The van der Waals surface area contributed by atoms with Crippen LogP contribution in [0.5, 0.6) is 0 Å². The first-order chi connectivity index (χ1) is 7.12. The van der Waals surface area contributed by atoms with E-state index in [1.165, 1.54) is 0 Å². The summed E-state index contributed by atoms with van der Waals surface area (Å²) in [5.74, 6) is 0. The van der Waals surface area contributed by atoms with Gasteiger partial charge in [-0.2, -0.15) is 8.42 Å². The van der Waals surface area contributed by atoms with Crippen LogP contribution in [0.4, 0.5) is 0 Å². The van der Waals surface area contributed by atoms with Crippen molar-refractivity contribution in [1.82, 2.24) is 0 Å². The number of hydrogen-bond donors (Lipinski definition) is 6. The molecule has 9 nitrogen and oxygen atoms in total. The number of hydrogen-bond acceptors (Lipinski definition) is 8. The van der Waals surface area contributed by atoms with Crippen LogP contribution in [-0.2, 0) is 14.9 Å². The van der Waals surface area contributed by atoms with E-state index in [1.807, 2.05) is 0 Å². The topological polar surface area (TPSA) is 173 Å². The maximum atomic E-state index is 10.7. The van der Waals surface area contributed by atoms with Crippen LogP contribution in [-0.4, -0.2) is 104 Å². The molecule has 6 N–H and O–H groups in total. The molecule has 0 aliphatic heterocycles. The van der Waals surface area contributed by atoms with Crippen molar-refractivity contribution in [2.24, 2.45) is 0 Å². The van der Waals surface area contributed by atoms with E-state index in [4.69, 9.17) is 30.1 Å². The fourth-order valence-corrected chi connectivity index (χ4v) is 1.26. The van der Waals surface area contributed by atoms with Crippen LogP contribution in [0.25, 0.3) is 0 Å². The van der Waals surface area contributed by atoms with E-state index in [2.05, 4.69) is 0 Å². The summed E-state index contributed by atoms with van der Waals surface area (Å²) in [6.45, 7) is -0.981. The molecular weight excluding hydrogens is 271 g/mol. The Morgan fingerprint density at radius 3 is 1.76 bits per heavy atom. The van der Waals surface area contributed by atoms with Gasteiger partial charge in [0, 0.05) is 0 Å². The third kappa shape index (κ3) is 5.70. The van der Waals surface area contributed by atoms with Crippen LogP contribution in [0, 0.1) is 0 Å². The van der Waals surface area contributed by atoms with Gasteiger partial charge in [0.05, 0.1) is 6.61 Å². The van der Waals surface area contributed by atoms with Gasteiger partial charge in [0.1, 0.15) is 18.3 Å². The number of carbonyl (C=O) groups excluding carboxylic acids is 1. The van der Waals surface area contributed by atoms with Gasteiger partial charge in [0.2, 0.25) is 0 Å². The van der Waals surface area contributed by atoms with Crippen molar-refractivity contribution in [1.29, 1.82) is 0 Å². The second-order valence-electron chi connectivity index (χ2n) is 2.97. The van der Waals surface area contributed by atoms with E-state index >= 15 is 0 Å². The molecule has 0 unspecified atom stereocenters. The first-order valence-electron chi connectivity index (χ1n) is 3.97. The van der Waals surface area contributed by atoms with E-state index in [0.29, 0.717) is 0 Å². The zero-order valence-corrected chi connectivity index (χ0v) is 8.65. The zero-order valence-electron chi connectivity index (χ0n) is 7.83. The quantitative estimate of drug-likeness (QED) is 0.214. The molecule has 11 heteroatoms. The summed E-state index contributed by atoms with van der Waals surface area (Å²) >= 11 is 0. The molecule has 0 radical (unpaired) electrons. The molecule has 0 aromatic heterocycles. The molecule has 0 fully saturated rings. The summed E-state index contributed by atoms with van der Waals surface area (Å²) in [7, 11) is -5.22. The summed E-state index contributed by atoms with van der Waals surface area (Å²) < 4.78 is 28.8. The average Bonchev–Trinajstić information content (AvgIpc) is 2.22. The van der Waals surface area contributed by atoms with Gasteiger partial charge in [-0.25, -0.2) is 0 Å². The molecule has 0 saturated heterocycles. The predicted molar refractivity (Wildman–Crippen MR) is 54.8 cm³/mol. The summed E-state index contributed by atoms with van der Waals surface area (Å²) in [4.78, 5) is 10.7. The van der Waals surface area contributed by atoms with Crippen LogP contribution in [0.15, 0.2) is 0 Å². The molecule has 0 amide bonds. The first-order valence-corrected chi connectivity index (χ1v) is 5.41. The van der Waals surface area contributed by atoms with Crippen molar-refractivity contribution in [3.05, 3.63) is 0 Å². The van der Waals surface area contributed by atoms with Gasteiger partial charge in [-0.05, 0) is 0 Å². The third-order valence-corrected chi connectivity index (χ3v) is 2.50. The van der Waals surface area contributed by atoms with Crippen LogP contribution in [0.3, 0.4) is 0 Å². The Morgan fingerprint density at radius 2 is 1.47 bits per heavy atom. The Balaban J connectivity index is 0. The van der Waals surface area contributed by atoms with Crippen LogP contribution < -0.4 is 0 Å². The molecule has 0 spiro atoms. The molecule has 0 aliphatic rings. The van der Waals surface area contributed by atoms with Crippen molar-refractivity contribution < 1.29 is 43.3 Å². The van der Waals surface area contributed by atoms with E-state index in [1.54, 1.807) is 0 Å². The van der Waals surface area contributed by atoms with Gasteiger partial charge >= 0.3 is 44.8 Å². The monoisotopic (exact) mass is 284 g/mol. The van der Waals surface area contributed by atoms with Crippen LogP contribution >= 0.6 is 0 Å². The Kier molecular flexibility index (Phi) is 8.97. The SMILES string of the molecule is O=C([C@H](O)[C@@H](O)[C@H](O)[C@H](O)CO)S(=O)(=O)O.[NaH]. The van der Waals surface area contributed by atoms with Crippen molar-refractivity contribution in [3.8, 4) is 0 Å². The molecule has 0 aromatic carbocycles. The molecule has 0 aliphatic carbocycles. The van der Waals surface area contributed by atoms with E-state index in [-0.39, 0.29) is 29.6 Å². The van der Waals surface area contributed by atoms with Crippen molar-refractivity contribution in [3.63, 3.8) is 0 Å². The van der Waals surface area contributed by atoms with E-state index in [0.717, 1.165) is 0 Å². The Labute approximate surface area is 119 Å². The van der Waals surface area contributed by atoms with Crippen molar-refractivity contribution in [2.45, 2.75) is 24.4 Å². The van der Waals surface area contributed by atoms with Crippen LogP contribution in [0.2, 0.25) is 0 Å². The maximum absolute atomic E-state index is 10.7. The van der Waals surface area contributed by atoms with Gasteiger partial charge in [-0.15, -0.1) is 0 Å². The second kappa shape index (κ2) is 7.74. The summed E-state index contributed by atoms with van der Waals surface area (Å²) in [5.41, 5.74) is 0. The fourth-order valence-electron chi connectivity index (χ4n) is 0.814. The van der Waals surface area contributed by atoms with Gasteiger partial charge in [-0.1, -0.05) is 0 Å². The fraction of sp³-hybridized carbons (Fsp3) is 0.833. The van der Waals surface area contributed by atoms with Crippen molar-refractivity contribution in [2.75, 3.05) is 6.61 Å². The number of rotatable bonds is 5.